The van der Waals surface area contributed by atoms with E-state index in [2.05, 4.69) is 10.0 Å². The number of rotatable bonds is 5. The van der Waals surface area contributed by atoms with Gasteiger partial charge in [-0.1, -0.05) is 18.2 Å². The third-order valence-corrected chi connectivity index (χ3v) is 5.48. The van der Waals surface area contributed by atoms with Gasteiger partial charge in [-0.15, -0.1) is 0 Å². The van der Waals surface area contributed by atoms with E-state index < -0.39 is 27.7 Å². The van der Waals surface area contributed by atoms with Crippen molar-refractivity contribution in [1.29, 1.82) is 5.26 Å². The molecule has 0 fully saturated rings. The lowest BCUT2D eigenvalue weighted by atomic mass is 10.1. The van der Waals surface area contributed by atoms with Gasteiger partial charge in [0.1, 0.15) is 0 Å². The molecule has 0 atom stereocenters. The molecule has 0 saturated carbocycles. The Kier molecular flexibility index (Phi) is 5.99. The summed E-state index contributed by atoms with van der Waals surface area (Å²) in [6.07, 6.45) is -4.62. The summed E-state index contributed by atoms with van der Waals surface area (Å²) in [5.74, 6) is -0.558. The van der Waals surface area contributed by atoms with Crippen LogP contribution >= 0.6 is 0 Å². The first kappa shape index (κ1) is 21.9. The lowest BCUT2D eigenvalue weighted by molar-refractivity contribution is -0.137. The molecule has 31 heavy (non-hydrogen) atoms. The van der Waals surface area contributed by atoms with Crippen LogP contribution in [-0.2, 0) is 16.2 Å². The molecule has 3 aromatic rings. The fourth-order valence-corrected chi connectivity index (χ4v) is 3.74. The summed E-state index contributed by atoms with van der Waals surface area (Å²) in [6.45, 7) is 0. The first-order valence-electron chi connectivity index (χ1n) is 8.70. The quantitative estimate of drug-likeness (QED) is 0.598. The summed E-state index contributed by atoms with van der Waals surface area (Å²) in [5.41, 5.74) is -0.603. The standard InChI is InChI=1S/C21H14F3N3O3S/c22-21(23,24)16-6-2-8-18(11-16)27-31(29,30)19-9-3-7-17(12-19)26-20(28)15-5-1-4-14(10-15)13-25/h1-12,27H,(H,26,28). The fraction of sp³-hybridized carbons (Fsp3) is 0.0476. The van der Waals surface area contributed by atoms with Gasteiger partial charge in [0.2, 0.25) is 0 Å². The second-order valence-corrected chi connectivity index (χ2v) is 8.04. The number of nitrogens with zero attached hydrogens (tertiary/aromatic N) is 1. The van der Waals surface area contributed by atoms with Crippen molar-refractivity contribution < 1.29 is 26.4 Å². The molecule has 6 nitrogen and oxygen atoms in total. The zero-order valence-electron chi connectivity index (χ0n) is 15.6. The minimum Gasteiger partial charge on any atom is -0.322 e. The van der Waals surface area contributed by atoms with Crippen LogP contribution in [0.4, 0.5) is 24.5 Å². The molecule has 2 N–H and O–H groups in total. The minimum atomic E-state index is -4.62. The number of nitriles is 1. The van der Waals surface area contributed by atoms with Crippen LogP contribution in [0.2, 0.25) is 0 Å². The van der Waals surface area contributed by atoms with Gasteiger partial charge >= 0.3 is 6.18 Å². The average molecular weight is 445 g/mol. The molecule has 0 aliphatic carbocycles. The molecule has 0 bridgehead atoms. The van der Waals surface area contributed by atoms with E-state index in [0.29, 0.717) is 6.07 Å². The van der Waals surface area contributed by atoms with Crippen molar-refractivity contribution in [3.63, 3.8) is 0 Å². The first-order valence-corrected chi connectivity index (χ1v) is 10.2. The highest BCUT2D eigenvalue weighted by Crippen LogP contribution is 2.31. The van der Waals surface area contributed by atoms with Crippen molar-refractivity contribution in [2.75, 3.05) is 10.0 Å². The number of carbonyl (C=O) groups is 1. The highest BCUT2D eigenvalue weighted by Gasteiger charge is 2.30. The average Bonchev–Trinajstić information content (AvgIpc) is 2.73. The number of nitrogens with one attached hydrogen (secondary N) is 2. The Morgan fingerprint density at radius 2 is 1.58 bits per heavy atom. The van der Waals surface area contributed by atoms with Crippen molar-refractivity contribution in [3.05, 3.63) is 89.5 Å². The molecule has 0 aliphatic rings. The topological polar surface area (TPSA) is 99.1 Å². The Hall–Kier alpha value is -3.84. The number of carbonyl (C=O) groups excluding carboxylic acids is 1. The predicted octanol–water partition coefficient (Wildman–Crippen LogP) is 4.63. The van der Waals surface area contributed by atoms with Crippen LogP contribution in [0.1, 0.15) is 21.5 Å². The number of hydrogen-bond acceptors (Lipinski definition) is 4. The van der Waals surface area contributed by atoms with Crippen LogP contribution in [0.5, 0.6) is 0 Å². The van der Waals surface area contributed by atoms with E-state index in [1.165, 1.54) is 54.6 Å². The highest BCUT2D eigenvalue weighted by molar-refractivity contribution is 7.92. The molecule has 0 spiro atoms. The molecular formula is C21H14F3N3O3S. The number of benzene rings is 3. The zero-order valence-corrected chi connectivity index (χ0v) is 16.5. The third-order valence-electron chi connectivity index (χ3n) is 4.10. The van der Waals surface area contributed by atoms with Gasteiger partial charge in [-0.3, -0.25) is 9.52 Å². The van der Waals surface area contributed by atoms with Gasteiger partial charge in [0.05, 0.1) is 22.1 Å². The van der Waals surface area contributed by atoms with Gasteiger partial charge in [0.25, 0.3) is 15.9 Å². The molecule has 0 saturated heterocycles. The molecule has 0 radical (unpaired) electrons. The van der Waals surface area contributed by atoms with Gasteiger partial charge in [0.15, 0.2) is 0 Å². The zero-order chi connectivity index (χ0) is 22.6. The second-order valence-electron chi connectivity index (χ2n) is 6.36. The maximum atomic E-state index is 12.9. The number of amides is 1. The summed E-state index contributed by atoms with van der Waals surface area (Å²) in [6, 6.07) is 16.9. The van der Waals surface area contributed by atoms with Crippen LogP contribution in [0.15, 0.2) is 77.7 Å². The van der Waals surface area contributed by atoms with Gasteiger partial charge in [0, 0.05) is 16.9 Å². The van der Waals surface area contributed by atoms with Crippen molar-refractivity contribution in [2.24, 2.45) is 0 Å². The highest BCUT2D eigenvalue weighted by atomic mass is 32.2. The summed E-state index contributed by atoms with van der Waals surface area (Å²) in [5, 5.41) is 11.5. The summed E-state index contributed by atoms with van der Waals surface area (Å²) >= 11 is 0. The van der Waals surface area contributed by atoms with E-state index in [1.807, 2.05) is 6.07 Å². The lowest BCUT2D eigenvalue weighted by Crippen LogP contribution is -2.15. The van der Waals surface area contributed by atoms with Crippen LogP contribution < -0.4 is 10.0 Å². The Morgan fingerprint density at radius 3 is 2.29 bits per heavy atom. The number of sulfonamides is 1. The van der Waals surface area contributed by atoms with Crippen molar-refractivity contribution in [1.82, 2.24) is 0 Å². The smallest absolute Gasteiger partial charge is 0.322 e. The lowest BCUT2D eigenvalue weighted by Gasteiger charge is -2.12. The predicted molar refractivity (Wildman–Crippen MR) is 108 cm³/mol. The molecule has 0 unspecified atom stereocenters. The number of halogens is 3. The van der Waals surface area contributed by atoms with Crippen molar-refractivity contribution in [2.45, 2.75) is 11.1 Å². The molecule has 3 aromatic carbocycles. The van der Waals surface area contributed by atoms with Gasteiger partial charge in [-0.05, 0) is 54.6 Å². The van der Waals surface area contributed by atoms with E-state index in [9.17, 15) is 26.4 Å². The number of anilines is 2. The molecule has 0 aromatic heterocycles. The summed E-state index contributed by atoms with van der Waals surface area (Å²) in [4.78, 5) is 12.1. The first-order chi connectivity index (χ1) is 14.6. The Bertz CT molecular complexity index is 1280. The van der Waals surface area contributed by atoms with Crippen LogP contribution in [0, 0.1) is 11.3 Å². The second kappa shape index (κ2) is 8.49. The Morgan fingerprint density at radius 1 is 0.903 bits per heavy atom. The van der Waals surface area contributed by atoms with Crippen LogP contribution in [-0.4, -0.2) is 14.3 Å². The number of hydrogen-bond donors (Lipinski definition) is 2. The van der Waals surface area contributed by atoms with Crippen LogP contribution in [0.3, 0.4) is 0 Å². The fourth-order valence-electron chi connectivity index (χ4n) is 2.65. The normalized spacial score (nSPS) is 11.4. The maximum Gasteiger partial charge on any atom is 0.416 e. The molecule has 158 valence electrons. The van der Waals surface area contributed by atoms with Crippen molar-refractivity contribution >= 4 is 27.3 Å². The van der Waals surface area contributed by atoms with Gasteiger partial charge in [-0.25, -0.2) is 8.42 Å². The summed E-state index contributed by atoms with van der Waals surface area (Å²) in [7, 11) is -4.22. The van der Waals surface area contributed by atoms with E-state index in [-0.39, 0.29) is 27.4 Å². The summed E-state index contributed by atoms with van der Waals surface area (Å²) < 4.78 is 65.9. The van der Waals surface area contributed by atoms with Gasteiger partial charge in [-0.2, -0.15) is 18.4 Å². The molecule has 0 heterocycles. The van der Waals surface area contributed by atoms with Crippen LogP contribution in [0.25, 0.3) is 0 Å². The van der Waals surface area contributed by atoms with E-state index >= 15 is 0 Å². The minimum absolute atomic E-state index is 0.152. The largest absolute Gasteiger partial charge is 0.416 e. The molecule has 0 aliphatic heterocycles. The SMILES string of the molecule is N#Cc1cccc(C(=O)Nc2cccc(S(=O)(=O)Nc3cccc(C(F)(F)F)c3)c2)c1. The monoisotopic (exact) mass is 445 g/mol. The number of alkyl halides is 3. The van der Waals surface area contributed by atoms with E-state index in [0.717, 1.165) is 12.1 Å². The molecular weight excluding hydrogens is 431 g/mol. The Balaban J connectivity index is 1.82. The third kappa shape index (κ3) is 5.40. The molecule has 10 heteroatoms. The molecule has 1 amide bonds. The van der Waals surface area contributed by atoms with Crippen molar-refractivity contribution in [3.8, 4) is 6.07 Å². The Labute approximate surface area is 176 Å². The van der Waals surface area contributed by atoms with Gasteiger partial charge < -0.3 is 5.32 Å². The van der Waals surface area contributed by atoms with E-state index in [4.69, 9.17) is 5.26 Å². The van der Waals surface area contributed by atoms with E-state index in [1.54, 1.807) is 0 Å². The maximum absolute atomic E-state index is 12.9. The molecule has 3 rings (SSSR count).